The molecule has 0 saturated carbocycles. The van der Waals surface area contributed by atoms with Gasteiger partial charge in [0.15, 0.2) is 5.75 Å². The zero-order valence-corrected chi connectivity index (χ0v) is 12.1. The van der Waals surface area contributed by atoms with Gasteiger partial charge in [0.25, 0.3) is 0 Å². The molecule has 20 heavy (non-hydrogen) atoms. The summed E-state index contributed by atoms with van der Waals surface area (Å²) in [7, 11) is 0. The first kappa shape index (κ1) is 16.3. The van der Waals surface area contributed by atoms with E-state index in [0.29, 0.717) is 12.5 Å². The molecule has 5 heteroatoms. The molecule has 1 heterocycles. The second kappa shape index (κ2) is 7.72. The third-order valence-electron chi connectivity index (χ3n) is 3.36. The van der Waals surface area contributed by atoms with Gasteiger partial charge in [-0.3, -0.25) is 4.79 Å². The van der Waals surface area contributed by atoms with Crippen LogP contribution >= 0.6 is 0 Å². The number of nitrogens with zero attached hydrogens (tertiary/aromatic N) is 1. The van der Waals surface area contributed by atoms with Crippen molar-refractivity contribution >= 4 is 5.97 Å². The van der Waals surface area contributed by atoms with Crippen molar-refractivity contribution in [3.8, 4) is 5.75 Å². The van der Waals surface area contributed by atoms with Crippen LogP contribution in [0, 0.1) is 5.92 Å². The highest BCUT2D eigenvalue weighted by atomic mass is 16.4. The number of unbranched alkanes of at least 4 members (excludes halogenated alkanes) is 3. The van der Waals surface area contributed by atoms with Crippen molar-refractivity contribution in [3.05, 3.63) is 28.2 Å². The van der Waals surface area contributed by atoms with Gasteiger partial charge < -0.3 is 14.8 Å². The molecular formula is C15H23NO4. The first-order chi connectivity index (χ1) is 9.45. The van der Waals surface area contributed by atoms with Gasteiger partial charge >= 0.3 is 5.97 Å². The fourth-order valence-electron chi connectivity index (χ4n) is 2.24. The molecule has 1 aromatic heterocycles. The Morgan fingerprint density at radius 2 is 2.00 bits per heavy atom. The molecule has 0 saturated heterocycles. The summed E-state index contributed by atoms with van der Waals surface area (Å²) in [6.07, 6.45) is 8.43. The Labute approximate surface area is 118 Å². The number of hydrogen-bond donors (Lipinski definition) is 2. The lowest BCUT2D eigenvalue weighted by Crippen LogP contribution is -2.19. The Hall–Kier alpha value is -1.78. The first-order valence-electron chi connectivity index (χ1n) is 7.12. The molecule has 5 nitrogen and oxygen atoms in total. The number of aromatic hydroxyl groups is 1. The molecule has 1 atom stereocenters. The molecule has 1 unspecified atom stereocenters. The fourth-order valence-corrected chi connectivity index (χ4v) is 2.24. The van der Waals surface area contributed by atoms with Crippen molar-refractivity contribution in [2.24, 2.45) is 5.92 Å². The molecule has 0 aromatic carbocycles. The maximum atomic E-state index is 11.4. The van der Waals surface area contributed by atoms with Crippen molar-refractivity contribution < 1.29 is 15.0 Å². The number of aromatic carboxylic acids is 1. The Kier molecular flexibility index (Phi) is 6.28. The normalized spacial score (nSPS) is 12.3. The van der Waals surface area contributed by atoms with Gasteiger partial charge in [-0.2, -0.15) is 0 Å². The molecule has 0 bridgehead atoms. The number of rotatable bonds is 8. The molecule has 0 spiro atoms. The number of pyridine rings is 1. The van der Waals surface area contributed by atoms with E-state index in [0.717, 1.165) is 12.8 Å². The molecule has 112 valence electrons. The molecule has 0 radical (unpaired) electrons. The summed E-state index contributed by atoms with van der Waals surface area (Å²) in [5.41, 5.74) is -1.22. The van der Waals surface area contributed by atoms with E-state index < -0.39 is 17.1 Å². The van der Waals surface area contributed by atoms with Crippen molar-refractivity contribution in [1.82, 2.24) is 4.57 Å². The highest BCUT2D eigenvalue weighted by molar-refractivity contribution is 5.87. The smallest absolute Gasteiger partial charge is 0.341 e. The lowest BCUT2D eigenvalue weighted by atomic mass is 10.0. The summed E-state index contributed by atoms with van der Waals surface area (Å²) in [4.78, 5) is 22.4. The van der Waals surface area contributed by atoms with Gasteiger partial charge in [-0.1, -0.05) is 39.5 Å². The third kappa shape index (κ3) is 4.72. The van der Waals surface area contributed by atoms with Gasteiger partial charge in [0.1, 0.15) is 5.56 Å². The molecule has 1 aromatic rings. The van der Waals surface area contributed by atoms with Crippen LogP contribution in [0.2, 0.25) is 0 Å². The number of aromatic nitrogens is 1. The van der Waals surface area contributed by atoms with Crippen molar-refractivity contribution in [2.75, 3.05) is 0 Å². The lowest BCUT2D eigenvalue weighted by molar-refractivity contribution is 0.0693. The average molecular weight is 281 g/mol. The minimum atomic E-state index is -1.31. The first-order valence-corrected chi connectivity index (χ1v) is 7.12. The van der Waals surface area contributed by atoms with Crippen LogP contribution in [0.3, 0.4) is 0 Å². The molecular weight excluding hydrogens is 258 g/mol. The summed E-state index contributed by atoms with van der Waals surface area (Å²) in [6, 6.07) is 0. The van der Waals surface area contributed by atoms with Crippen molar-refractivity contribution in [2.45, 2.75) is 52.5 Å². The molecule has 1 rings (SSSR count). The maximum Gasteiger partial charge on any atom is 0.341 e. The number of carboxylic acid groups (broad SMARTS) is 1. The van der Waals surface area contributed by atoms with E-state index in [1.807, 2.05) is 0 Å². The van der Waals surface area contributed by atoms with E-state index in [9.17, 15) is 14.7 Å². The topological polar surface area (TPSA) is 79.5 Å². The predicted octanol–water partition coefficient (Wildman–Crippen LogP) is 2.86. The second-order valence-electron chi connectivity index (χ2n) is 5.34. The van der Waals surface area contributed by atoms with Gasteiger partial charge in [0.2, 0.25) is 5.43 Å². The monoisotopic (exact) mass is 281 g/mol. The maximum absolute atomic E-state index is 11.4. The SMILES string of the molecule is CCCCCCC(C)Cn1cc(O)c(=O)c(C(=O)O)c1. The van der Waals surface area contributed by atoms with Crippen LogP contribution < -0.4 is 5.43 Å². The van der Waals surface area contributed by atoms with Gasteiger partial charge in [-0.05, 0) is 12.3 Å². The van der Waals surface area contributed by atoms with Crippen LogP contribution in [0.5, 0.6) is 5.75 Å². The quantitative estimate of drug-likeness (QED) is 0.718. The van der Waals surface area contributed by atoms with Crippen molar-refractivity contribution in [1.29, 1.82) is 0 Å². The van der Waals surface area contributed by atoms with E-state index in [4.69, 9.17) is 5.11 Å². The van der Waals surface area contributed by atoms with Gasteiger partial charge in [0, 0.05) is 18.9 Å². The highest BCUT2D eigenvalue weighted by Crippen LogP contribution is 2.14. The van der Waals surface area contributed by atoms with Crippen LogP contribution in [0.1, 0.15) is 56.3 Å². The zero-order chi connectivity index (χ0) is 15.1. The summed E-state index contributed by atoms with van der Waals surface area (Å²) < 4.78 is 1.59. The van der Waals surface area contributed by atoms with Crippen molar-refractivity contribution in [3.63, 3.8) is 0 Å². The Morgan fingerprint density at radius 1 is 1.30 bits per heavy atom. The number of carboxylic acids is 1. The Balaban J connectivity index is 2.68. The molecule has 0 aliphatic carbocycles. The predicted molar refractivity (Wildman–Crippen MR) is 77.2 cm³/mol. The summed E-state index contributed by atoms with van der Waals surface area (Å²) in [6.45, 7) is 4.85. The highest BCUT2D eigenvalue weighted by Gasteiger charge is 2.14. The van der Waals surface area contributed by atoms with E-state index in [1.54, 1.807) is 4.57 Å². The molecule has 2 N–H and O–H groups in total. The van der Waals surface area contributed by atoms with Crippen LogP contribution in [-0.4, -0.2) is 20.7 Å². The molecule has 0 amide bonds. The van der Waals surface area contributed by atoms with E-state index in [1.165, 1.54) is 31.7 Å². The van der Waals surface area contributed by atoms with E-state index in [2.05, 4.69) is 13.8 Å². The summed E-state index contributed by atoms with van der Waals surface area (Å²) in [5, 5.41) is 18.4. The molecule has 0 aliphatic heterocycles. The number of carbonyl (C=O) groups is 1. The van der Waals surface area contributed by atoms with Crippen LogP contribution in [0.15, 0.2) is 17.2 Å². The third-order valence-corrected chi connectivity index (χ3v) is 3.36. The summed E-state index contributed by atoms with van der Waals surface area (Å²) in [5.74, 6) is -1.45. The average Bonchev–Trinajstić information content (AvgIpc) is 2.38. The van der Waals surface area contributed by atoms with E-state index >= 15 is 0 Å². The molecule has 0 fully saturated rings. The van der Waals surface area contributed by atoms with E-state index in [-0.39, 0.29) is 5.56 Å². The second-order valence-corrected chi connectivity index (χ2v) is 5.34. The number of hydrogen-bond acceptors (Lipinski definition) is 3. The largest absolute Gasteiger partial charge is 0.503 e. The van der Waals surface area contributed by atoms with Gasteiger partial charge in [-0.15, -0.1) is 0 Å². The lowest BCUT2D eigenvalue weighted by Gasteiger charge is -2.14. The van der Waals surface area contributed by atoms with Gasteiger partial charge in [-0.25, -0.2) is 4.79 Å². The van der Waals surface area contributed by atoms with Crippen LogP contribution in [-0.2, 0) is 6.54 Å². The van der Waals surface area contributed by atoms with Gasteiger partial charge in [0.05, 0.1) is 0 Å². The fraction of sp³-hybridized carbons (Fsp3) is 0.600. The minimum absolute atomic E-state index is 0.371. The Bertz CT molecular complexity index is 507. The zero-order valence-electron chi connectivity index (χ0n) is 12.1. The Morgan fingerprint density at radius 3 is 2.60 bits per heavy atom. The minimum Gasteiger partial charge on any atom is -0.503 e. The standard InChI is InChI=1S/C15H23NO4/c1-3-4-5-6-7-11(2)8-16-9-12(15(19)20)14(18)13(17)10-16/h9-11,17H,3-8H2,1-2H3,(H,19,20). The molecule has 0 aliphatic rings. The van der Waals surface area contributed by atoms with Crippen LogP contribution in [0.4, 0.5) is 0 Å². The summed E-state index contributed by atoms with van der Waals surface area (Å²) >= 11 is 0. The van der Waals surface area contributed by atoms with Crippen LogP contribution in [0.25, 0.3) is 0 Å².